The first-order valence-corrected chi connectivity index (χ1v) is 7.97. The molecule has 2 saturated heterocycles. The van der Waals surface area contributed by atoms with Gasteiger partial charge in [-0.2, -0.15) is 0 Å². The molecule has 0 bridgehead atoms. The number of aliphatic hydroxyl groups is 1. The van der Waals surface area contributed by atoms with Crippen LogP contribution in [-0.2, 0) is 0 Å². The molecule has 0 radical (unpaired) electrons. The topological polar surface area (TPSA) is 35.5 Å². The second-order valence-electron chi connectivity index (χ2n) is 6.59. The molecule has 3 heteroatoms. The molecule has 18 heavy (non-hydrogen) atoms. The highest BCUT2D eigenvalue weighted by molar-refractivity contribution is 5.07. The average molecular weight is 252 g/mol. The van der Waals surface area contributed by atoms with Crippen molar-refractivity contribution in [3.05, 3.63) is 0 Å². The van der Waals surface area contributed by atoms with E-state index in [4.69, 9.17) is 0 Å². The molecule has 1 saturated carbocycles. The van der Waals surface area contributed by atoms with Crippen LogP contribution in [0.3, 0.4) is 0 Å². The number of fused-ring (bicyclic) bond motifs is 1. The molecule has 0 amide bonds. The molecule has 2 unspecified atom stereocenters. The zero-order valence-electron chi connectivity index (χ0n) is 11.5. The Balaban J connectivity index is 1.69. The van der Waals surface area contributed by atoms with E-state index < -0.39 is 0 Å². The van der Waals surface area contributed by atoms with Gasteiger partial charge in [0.05, 0.1) is 12.1 Å². The largest absolute Gasteiger partial charge is 0.394 e. The molecular formula is C15H28N2O. The Morgan fingerprint density at radius 2 is 1.78 bits per heavy atom. The van der Waals surface area contributed by atoms with Gasteiger partial charge in [0.2, 0.25) is 0 Å². The van der Waals surface area contributed by atoms with Crippen LogP contribution in [0.5, 0.6) is 0 Å². The van der Waals surface area contributed by atoms with Crippen LogP contribution in [0.1, 0.15) is 57.8 Å². The molecule has 1 aliphatic carbocycles. The minimum Gasteiger partial charge on any atom is -0.394 e. The Bertz CT molecular complexity index is 278. The minimum atomic E-state index is 0.0163. The summed E-state index contributed by atoms with van der Waals surface area (Å²) in [5.41, 5.74) is 0.0163. The number of piperidine rings is 1. The SMILES string of the molecule is OCC1(NC2CCCCC2)CCN2CCCCC21. The van der Waals surface area contributed by atoms with Gasteiger partial charge in [-0.1, -0.05) is 25.7 Å². The highest BCUT2D eigenvalue weighted by Crippen LogP contribution is 2.36. The van der Waals surface area contributed by atoms with Gasteiger partial charge < -0.3 is 10.4 Å². The fourth-order valence-corrected chi connectivity index (χ4v) is 4.45. The first kappa shape index (κ1) is 12.9. The Hall–Kier alpha value is -0.120. The predicted molar refractivity (Wildman–Crippen MR) is 73.7 cm³/mol. The molecule has 3 fully saturated rings. The number of hydrogen-bond acceptors (Lipinski definition) is 3. The summed E-state index contributed by atoms with van der Waals surface area (Å²) in [5, 5.41) is 13.9. The molecule has 3 rings (SSSR count). The van der Waals surface area contributed by atoms with Crippen molar-refractivity contribution < 1.29 is 5.11 Å². The first-order chi connectivity index (χ1) is 8.84. The van der Waals surface area contributed by atoms with Crippen molar-refractivity contribution in [3.63, 3.8) is 0 Å². The third kappa shape index (κ3) is 2.33. The van der Waals surface area contributed by atoms with Gasteiger partial charge in [0, 0.05) is 18.6 Å². The van der Waals surface area contributed by atoms with E-state index in [-0.39, 0.29) is 5.54 Å². The standard InChI is InChI=1S/C15H28N2O/c18-12-15(16-13-6-2-1-3-7-13)9-11-17-10-5-4-8-14(15)17/h13-14,16,18H,1-12H2. The number of hydrogen-bond donors (Lipinski definition) is 2. The fraction of sp³-hybridized carbons (Fsp3) is 1.00. The van der Waals surface area contributed by atoms with Crippen molar-refractivity contribution in [2.24, 2.45) is 0 Å². The normalized spacial score (nSPS) is 38.8. The highest BCUT2D eigenvalue weighted by atomic mass is 16.3. The van der Waals surface area contributed by atoms with Crippen molar-refractivity contribution in [1.29, 1.82) is 0 Å². The van der Waals surface area contributed by atoms with Crippen LogP contribution in [-0.4, -0.2) is 47.3 Å². The number of nitrogens with one attached hydrogen (secondary N) is 1. The number of rotatable bonds is 3. The predicted octanol–water partition coefficient (Wildman–Crippen LogP) is 1.90. The molecule has 2 heterocycles. The van der Waals surface area contributed by atoms with Gasteiger partial charge >= 0.3 is 0 Å². The second kappa shape index (κ2) is 5.48. The summed E-state index contributed by atoms with van der Waals surface area (Å²) < 4.78 is 0. The maximum absolute atomic E-state index is 10.00. The molecule has 0 spiro atoms. The molecule has 3 aliphatic rings. The maximum Gasteiger partial charge on any atom is 0.0629 e. The Morgan fingerprint density at radius 1 is 1.00 bits per heavy atom. The van der Waals surface area contributed by atoms with Gasteiger partial charge in [0.1, 0.15) is 0 Å². The lowest BCUT2D eigenvalue weighted by Crippen LogP contribution is -2.61. The van der Waals surface area contributed by atoms with Crippen LogP contribution >= 0.6 is 0 Å². The van der Waals surface area contributed by atoms with Crippen LogP contribution in [0, 0.1) is 0 Å². The summed E-state index contributed by atoms with van der Waals surface area (Å²) in [6.45, 7) is 2.76. The zero-order chi connectivity index (χ0) is 12.4. The molecule has 104 valence electrons. The smallest absolute Gasteiger partial charge is 0.0629 e. The van der Waals surface area contributed by atoms with Gasteiger partial charge in [0.15, 0.2) is 0 Å². The van der Waals surface area contributed by atoms with Crippen LogP contribution in [0.4, 0.5) is 0 Å². The van der Waals surface area contributed by atoms with Gasteiger partial charge in [-0.15, -0.1) is 0 Å². The van der Waals surface area contributed by atoms with Crippen molar-refractivity contribution >= 4 is 0 Å². The Kier molecular flexibility index (Phi) is 3.92. The van der Waals surface area contributed by atoms with E-state index >= 15 is 0 Å². The summed E-state index contributed by atoms with van der Waals surface area (Å²) in [5.74, 6) is 0. The average Bonchev–Trinajstić information content (AvgIpc) is 2.80. The van der Waals surface area contributed by atoms with E-state index in [0.717, 1.165) is 6.42 Å². The van der Waals surface area contributed by atoms with Crippen LogP contribution in [0.25, 0.3) is 0 Å². The molecule has 0 aromatic carbocycles. The van der Waals surface area contributed by atoms with Crippen molar-refractivity contribution in [1.82, 2.24) is 10.2 Å². The van der Waals surface area contributed by atoms with Gasteiger partial charge in [-0.05, 0) is 38.6 Å². The lowest BCUT2D eigenvalue weighted by atomic mass is 9.83. The molecule has 2 aliphatic heterocycles. The first-order valence-electron chi connectivity index (χ1n) is 7.97. The molecule has 0 aromatic rings. The molecule has 3 nitrogen and oxygen atoms in total. The lowest BCUT2D eigenvalue weighted by molar-refractivity contribution is 0.0740. The second-order valence-corrected chi connectivity index (χ2v) is 6.59. The fourth-order valence-electron chi connectivity index (χ4n) is 4.45. The van der Waals surface area contributed by atoms with E-state index in [1.165, 1.54) is 64.5 Å². The summed E-state index contributed by atoms with van der Waals surface area (Å²) in [4.78, 5) is 2.62. The van der Waals surface area contributed by atoms with Crippen molar-refractivity contribution in [3.8, 4) is 0 Å². The minimum absolute atomic E-state index is 0.0163. The van der Waals surface area contributed by atoms with Crippen molar-refractivity contribution in [2.75, 3.05) is 19.7 Å². The summed E-state index contributed by atoms with van der Waals surface area (Å²) in [6.07, 6.45) is 11.9. The zero-order valence-corrected chi connectivity index (χ0v) is 11.5. The number of nitrogens with zero attached hydrogens (tertiary/aromatic N) is 1. The van der Waals surface area contributed by atoms with Crippen LogP contribution < -0.4 is 5.32 Å². The van der Waals surface area contributed by atoms with Gasteiger partial charge in [-0.25, -0.2) is 0 Å². The monoisotopic (exact) mass is 252 g/mol. The molecule has 2 N–H and O–H groups in total. The van der Waals surface area contributed by atoms with Gasteiger partial charge in [0.25, 0.3) is 0 Å². The summed E-state index contributed by atoms with van der Waals surface area (Å²) in [6, 6.07) is 1.26. The summed E-state index contributed by atoms with van der Waals surface area (Å²) in [7, 11) is 0. The molecule has 2 atom stereocenters. The highest BCUT2D eigenvalue weighted by Gasteiger charge is 2.48. The van der Waals surface area contributed by atoms with E-state index in [1.807, 2.05) is 0 Å². The Labute approximate surface area is 111 Å². The maximum atomic E-state index is 10.00. The van der Waals surface area contributed by atoms with Crippen molar-refractivity contribution in [2.45, 2.75) is 75.4 Å². The van der Waals surface area contributed by atoms with Crippen LogP contribution in [0.2, 0.25) is 0 Å². The van der Waals surface area contributed by atoms with E-state index in [2.05, 4.69) is 10.2 Å². The third-order valence-electron chi connectivity index (χ3n) is 5.48. The summed E-state index contributed by atoms with van der Waals surface area (Å²) >= 11 is 0. The van der Waals surface area contributed by atoms with Gasteiger partial charge in [-0.3, -0.25) is 4.90 Å². The quantitative estimate of drug-likeness (QED) is 0.805. The third-order valence-corrected chi connectivity index (χ3v) is 5.48. The molecule has 0 aromatic heterocycles. The van der Waals surface area contributed by atoms with E-state index in [9.17, 15) is 5.11 Å². The van der Waals surface area contributed by atoms with E-state index in [0.29, 0.717) is 18.7 Å². The van der Waals surface area contributed by atoms with Crippen LogP contribution in [0.15, 0.2) is 0 Å². The lowest BCUT2D eigenvalue weighted by Gasteiger charge is -2.43. The Morgan fingerprint density at radius 3 is 2.56 bits per heavy atom. The number of aliphatic hydroxyl groups excluding tert-OH is 1. The van der Waals surface area contributed by atoms with E-state index in [1.54, 1.807) is 0 Å². The molecular weight excluding hydrogens is 224 g/mol.